The van der Waals surface area contributed by atoms with Crippen LogP contribution >= 0.6 is 22.7 Å². The number of likely N-dealkylation sites (tertiary alicyclic amines) is 1. The van der Waals surface area contributed by atoms with Gasteiger partial charge in [0, 0.05) is 17.8 Å². The van der Waals surface area contributed by atoms with Crippen molar-refractivity contribution in [2.75, 3.05) is 19.6 Å². The first-order valence-corrected chi connectivity index (χ1v) is 12.3. The number of nitrogens with one attached hydrogen (secondary N) is 1. The van der Waals surface area contributed by atoms with Gasteiger partial charge in [0.15, 0.2) is 0 Å². The van der Waals surface area contributed by atoms with E-state index in [0.29, 0.717) is 19.0 Å². The lowest BCUT2D eigenvalue weighted by atomic mass is 9.97. The van der Waals surface area contributed by atoms with E-state index in [0.717, 1.165) is 42.4 Å². The number of aromatic nitrogens is 1. The molecule has 1 amide bonds. The largest absolute Gasteiger partial charge is 0.354 e. The first-order valence-electron chi connectivity index (χ1n) is 10.6. The Hall–Kier alpha value is -1.76. The van der Waals surface area contributed by atoms with Gasteiger partial charge < -0.3 is 5.32 Å². The quantitative estimate of drug-likeness (QED) is 0.533. The number of amides is 1. The van der Waals surface area contributed by atoms with Crippen LogP contribution in [0.2, 0.25) is 0 Å². The summed E-state index contributed by atoms with van der Waals surface area (Å²) in [7, 11) is 0. The van der Waals surface area contributed by atoms with Crippen molar-refractivity contribution < 1.29 is 4.79 Å². The number of fused-ring (bicyclic) bond motifs is 1. The number of nitrogens with zero attached hydrogens (tertiary/aromatic N) is 2. The highest BCUT2D eigenvalue weighted by Crippen LogP contribution is 2.29. The Morgan fingerprint density at radius 2 is 2.07 bits per heavy atom. The second-order valence-electron chi connectivity index (χ2n) is 7.98. The minimum Gasteiger partial charge on any atom is -0.354 e. The van der Waals surface area contributed by atoms with E-state index in [9.17, 15) is 4.79 Å². The molecular weight excluding hydrogens is 398 g/mol. The molecule has 0 aliphatic carbocycles. The molecule has 154 valence electrons. The van der Waals surface area contributed by atoms with E-state index in [1.807, 2.05) is 18.2 Å². The summed E-state index contributed by atoms with van der Waals surface area (Å²) < 4.78 is 1.22. The summed E-state index contributed by atoms with van der Waals surface area (Å²) in [4.78, 5) is 21.0. The van der Waals surface area contributed by atoms with Crippen LogP contribution in [0.5, 0.6) is 0 Å². The molecule has 0 unspecified atom stereocenters. The minimum atomic E-state index is 0.151. The van der Waals surface area contributed by atoms with E-state index < -0.39 is 0 Å². The lowest BCUT2D eigenvalue weighted by molar-refractivity contribution is -0.121. The average Bonchev–Trinajstić information content (AvgIpc) is 3.39. The number of thiophene rings is 1. The molecule has 0 spiro atoms. The fourth-order valence-electron chi connectivity index (χ4n) is 3.96. The summed E-state index contributed by atoms with van der Waals surface area (Å²) in [6.07, 6.45) is 4.77. The maximum absolute atomic E-state index is 12.5. The van der Waals surface area contributed by atoms with Gasteiger partial charge in [-0.3, -0.25) is 9.69 Å². The Kier molecular flexibility index (Phi) is 6.95. The molecule has 0 radical (unpaired) electrons. The van der Waals surface area contributed by atoms with Crippen molar-refractivity contribution in [3.8, 4) is 0 Å². The van der Waals surface area contributed by atoms with Crippen molar-refractivity contribution in [2.45, 2.75) is 45.1 Å². The molecule has 1 aliphatic rings. The van der Waals surface area contributed by atoms with E-state index in [1.165, 1.54) is 22.4 Å². The third-order valence-electron chi connectivity index (χ3n) is 5.76. The zero-order valence-corrected chi connectivity index (χ0v) is 18.6. The summed E-state index contributed by atoms with van der Waals surface area (Å²) >= 11 is 3.53. The first-order chi connectivity index (χ1) is 14.2. The summed E-state index contributed by atoms with van der Waals surface area (Å²) in [5, 5.41) is 6.46. The van der Waals surface area contributed by atoms with E-state index >= 15 is 0 Å². The number of hydrogen-bond acceptors (Lipinski definition) is 5. The lowest BCUT2D eigenvalue weighted by Gasteiger charge is -2.36. The van der Waals surface area contributed by atoms with Crippen molar-refractivity contribution in [1.29, 1.82) is 0 Å². The molecule has 1 fully saturated rings. The highest BCUT2D eigenvalue weighted by Gasteiger charge is 2.25. The minimum absolute atomic E-state index is 0.151. The molecular formula is C23H29N3OS2. The van der Waals surface area contributed by atoms with Crippen LogP contribution < -0.4 is 5.32 Å². The maximum Gasteiger partial charge on any atom is 0.220 e. The molecule has 4 nitrogen and oxygen atoms in total. The molecule has 1 aromatic carbocycles. The van der Waals surface area contributed by atoms with E-state index in [1.54, 1.807) is 22.7 Å². The van der Waals surface area contributed by atoms with Gasteiger partial charge in [0.05, 0.1) is 21.3 Å². The molecule has 4 rings (SSSR count). The first kappa shape index (κ1) is 20.5. The molecule has 6 heteroatoms. The average molecular weight is 428 g/mol. The Morgan fingerprint density at radius 3 is 2.83 bits per heavy atom. The van der Waals surface area contributed by atoms with Crippen LogP contribution in [0.1, 0.15) is 48.5 Å². The summed E-state index contributed by atoms with van der Waals surface area (Å²) in [5.41, 5.74) is 1.06. The number of carbonyl (C=O) groups is 1. The molecule has 3 heterocycles. The van der Waals surface area contributed by atoms with Gasteiger partial charge in [0.25, 0.3) is 0 Å². The molecule has 0 saturated carbocycles. The highest BCUT2D eigenvalue weighted by atomic mass is 32.1. The maximum atomic E-state index is 12.5. The smallest absolute Gasteiger partial charge is 0.220 e. The molecule has 29 heavy (non-hydrogen) atoms. The monoisotopic (exact) mass is 427 g/mol. The zero-order valence-electron chi connectivity index (χ0n) is 17.0. The Labute approximate surface area is 181 Å². The van der Waals surface area contributed by atoms with Crippen LogP contribution in [0.3, 0.4) is 0 Å². The van der Waals surface area contributed by atoms with Crippen molar-refractivity contribution >= 4 is 38.8 Å². The van der Waals surface area contributed by atoms with Gasteiger partial charge in [-0.25, -0.2) is 4.98 Å². The number of para-hydroxylation sites is 1. The van der Waals surface area contributed by atoms with Crippen molar-refractivity contribution in [3.63, 3.8) is 0 Å². The number of thiazole rings is 1. The molecule has 1 aliphatic heterocycles. The van der Waals surface area contributed by atoms with E-state index in [-0.39, 0.29) is 5.91 Å². The van der Waals surface area contributed by atoms with Crippen LogP contribution in [-0.4, -0.2) is 35.4 Å². The van der Waals surface area contributed by atoms with Crippen molar-refractivity contribution in [2.24, 2.45) is 5.92 Å². The third-order valence-corrected chi connectivity index (χ3v) is 7.83. The second kappa shape index (κ2) is 9.83. The predicted octanol–water partition coefficient (Wildman–Crippen LogP) is 5.27. The number of benzene rings is 1. The van der Waals surface area contributed by atoms with Crippen LogP contribution in [-0.2, 0) is 11.2 Å². The highest BCUT2D eigenvalue weighted by molar-refractivity contribution is 7.18. The molecule has 1 saturated heterocycles. The van der Waals surface area contributed by atoms with Crippen LogP contribution in [0.4, 0.5) is 0 Å². The molecule has 1 atom stereocenters. The van der Waals surface area contributed by atoms with Gasteiger partial charge in [-0.15, -0.1) is 22.7 Å². The number of carbonyl (C=O) groups excluding carboxylic acids is 1. The number of rotatable bonds is 8. The van der Waals surface area contributed by atoms with E-state index in [4.69, 9.17) is 0 Å². The van der Waals surface area contributed by atoms with Gasteiger partial charge in [-0.2, -0.15) is 0 Å². The van der Waals surface area contributed by atoms with Crippen molar-refractivity contribution in [3.05, 3.63) is 51.7 Å². The van der Waals surface area contributed by atoms with E-state index in [2.05, 4.69) is 45.7 Å². The Bertz CT molecular complexity index is 880. The molecule has 1 N–H and O–H groups in total. The topological polar surface area (TPSA) is 45.2 Å². The standard InChI is InChI=1S/C23H29N3OS2/c1-17-11-13-26(14-12-17)19(21-8-5-15-28-21)16-24-22(27)9-4-10-23-25-18-6-2-3-7-20(18)29-23/h2-3,5-8,15,17,19H,4,9-14,16H2,1H3,(H,24,27)/t19-/m1/s1. The normalized spacial score (nSPS) is 16.9. The Balaban J connectivity index is 1.26. The fraction of sp³-hybridized carbons (Fsp3) is 0.478. The summed E-state index contributed by atoms with van der Waals surface area (Å²) in [6, 6.07) is 12.8. The van der Waals surface area contributed by atoms with Gasteiger partial charge in [-0.05, 0) is 68.3 Å². The molecule has 2 aromatic heterocycles. The third kappa shape index (κ3) is 5.44. The molecule has 3 aromatic rings. The number of hydrogen-bond donors (Lipinski definition) is 1. The number of piperidine rings is 1. The van der Waals surface area contributed by atoms with Crippen LogP contribution in [0.15, 0.2) is 41.8 Å². The Morgan fingerprint density at radius 1 is 1.24 bits per heavy atom. The zero-order chi connectivity index (χ0) is 20.1. The van der Waals surface area contributed by atoms with Gasteiger partial charge in [0.2, 0.25) is 5.91 Å². The van der Waals surface area contributed by atoms with Crippen LogP contribution in [0, 0.1) is 5.92 Å². The van der Waals surface area contributed by atoms with Gasteiger partial charge in [0.1, 0.15) is 0 Å². The fourth-order valence-corrected chi connectivity index (χ4v) is 5.83. The lowest BCUT2D eigenvalue weighted by Crippen LogP contribution is -2.41. The summed E-state index contributed by atoms with van der Waals surface area (Å²) in [6.45, 7) is 5.29. The SMILES string of the molecule is CC1CCN([C@H](CNC(=O)CCCc2nc3ccccc3s2)c2cccs2)CC1. The second-order valence-corrected chi connectivity index (χ2v) is 10.1. The summed E-state index contributed by atoms with van der Waals surface area (Å²) in [5.74, 6) is 0.963. The predicted molar refractivity (Wildman–Crippen MR) is 123 cm³/mol. The van der Waals surface area contributed by atoms with Crippen molar-refractivity contribution in [1.82, 2.24) is 15.2 Å². The van der Waals surface area contributed by atoms with Crippen LogP contribution in [0.25, 0.3) is 10.2 Å². The number of aryl methyl sites for hydroxylation is 1. The molecule has 0 bridgehead atoms. The van der Waals surface area contributed by atoms with Gasteiger partial charge in [-0.1, -0.05) is 25.1 Å². The van der Waals surface area contributed by atoms with Gasteiger partial charge >= 0.3 is 0 Å².